The summed E-state index contributed by atoms with van der Waals surface area (Å²) in [6, 6.07) is 9.43. The summed E-state index contributed by atoms with van der Waals surface area (Å²) >= 11 is 6.11. The normalized spacial score (nSPS) is 19.1. The molecule has 0 radical (unpaired) electrons. The molecule has 2 heterocycles. The van der Waals surface area contributed by atoms with Gasteiger partial charge in [-0.05, 0) is 24.6 Å². The zero-order valence-electron chi connectivity index (χ0n) is 11.1. The van der Waals surface area contributed by atoms with Gasteiger partial charge >= 0.3 is 0 Å². The monoisotopic (exact) mass is 289 g/mol. The molecule has 2 aromatic rings. The predicted molar refractivity (Wildman–Crippen MR) is 77.8 cm³/mol. The number of nitrogens with zero attached hydrogens (tertiary/aromatic N) is 3. The molecule has 0 amide bonds. The van der Waals surface area contributed by atoms with Crippen molar-refractivity contribution in [1.82, 2.24) is 14.9 Å². The maximum absolute atomic E-state index is 6.11. The fraction of sp³-hybridized carbons (Fsp3) is 0.333. The molecule has 5 heteroatoms. The summed E-state index contributed by atoms with van der Waals surface area (Å²) < 4.78 is 5.96. The molecule has 1 atom stereocenters. The molecule has 20 heavy (non-hydrogen) atoms. The van der Waals surface area contributed by atoms with Crippen LogP contribution in [0.4, 0.5) is 0 Å². The van der Waals surface area contributed by atoms with Crippen LogP contribution in [0.15, 0.2) is 42.7 Å². The van der Waals surface area contributed by atoms with E-state index in [0.29, 0.717) is 5.02 Å². The fourth-order valence-electron chi connectivity index (χ4n) is 2.37. The van der Waals surface area contributed by atoms with Gasteiger partial charge in [-0.3, -0.25) is 4.90 Å². The van der Waals surface area contributed by atoms with E-state index in [9.17, 15) is 0 Å². The van der Waals surface area contributed by atoms with Gasteiger partial charge in [0.2, 0.25) is 0 Å². The molecule has 1 aliphatic rings. The van der Waals surface area contributed by atoms with E-state index in [1.807, 2.05) is 30.3 Å². The van der Waals surface area contributed by atoms with E-state index in [4.69, 9.17) is 16.3 Å². The quantitative estimate of drug-likeness (QED) is 0.867. The summed E-state index contributed by atoms with van der Waals surface area (Å²) in [5.41, 5.74) is 0. The van der Waals surface area contributed by atoms with E-state index < -0.39 is 0 Å². The van der Waals surface area contributed by atoms with Crippen LogP contribution in [0.3, 0.4) is 0 Å². The molecule has 1 unspecified atom stereocenters. The van der Waals surface area contributed by atoms with Crippen LogP contribution in [0.5, 0.6) is 5.75 Å². The first-order valence-corrected chi connectivity index (χ1v) is 7.08. The number of hydrogen-bond donors (Lipinski definition) is 0. The zero-order chi connectivity index (χ0) is 13.8. The molecule has 1 aromatic heterocycles. The molecule has 1 aliphatic heterocycles. The minimum Gasteiger partial charge on any atom is -0.487 e. The molecule has 0 spiro atoms. The van der Waals surface area contributed by atoms with Gasteiger partial charge in [-0.2, -0.15) is 0 Å². The number of benzene rings is 1. The molecule has 1 aromatic carbocycles. The molecular weight excluding hydrogens is 274 g/mol. The minimum atomic E-state index is 0.179. The van der Waals surface area contributed by atoms with E-state index in [0.717, 1.165) is 37.6 Å². The number of ether oxygens (including phenoxy) is 1. The first kappa shape index (κ1) is 13.3. The summed E-state index contributed by atoms with van der Waals surface area (Å²) in [4.78, 5) is 10.8. The fourth-order valence-corrected chi connectivity index (χ4v) is 2.55. The van der Waals surface area contributed by atoms with Gasteiger partial charge in [0.05, 0.1) is 11.6 Å². The molecule has 0 N–H and O–H groups in total. The van der Waals surface area contributed by atoms with Crippen molar-refractivity contribution in [2.75, 3.05) is 13.1 Å². The topological polar surface area (TPSA) is 38.2 Å². The molecule has 4 nitrogen and oxygen atoms in total. The lowest BCUT2D eigenvalue weighted by molar-refractivity contribution is 0.197. The SMILES string of the molecule is Clc1ccccc1OC1CCN(Cc2ncccn2)C1. The summed E-state index contributed by atoms with van der Waals surface area (Å²) in [5.74, 6) is 1.61. The Morgan fingerprint density at radius 1 is 1.20 bits per heavy atom. The van der Waals surface area contributed by atoms with Gasteiger partial charge in [0.1, 0.15) is 17.7 Å². The van der Waals surface area contributed by atoms with Crippen LogP contribution in [-0.4, -0.2) is 34.1 Å². The van der Waals surface area contributed by atoms with E-state index in [1.54, 1.807) is 12.4 Å². The van der Waals surface area contributed by atoms with Gasteiger partial charge in [-0.1, -0.05) is 23.7 Å². The van der Waals surface area contributed by atoms with Crippen LogP contribution < -0.4 is 4.74 Å². The smallest absolute Gasteiger partial charge is 0.142 e. The highest BCUT2D eigenvalue weighted by molar-refractivity contribution is 6.32. The van der Waals surface area contributed by atoms with Gasteiger partial charge in [0.25, 0.3) is 0 Å². The standard InChI is InChI=1S/C15H16ClN3O/c16-13-4-1-2-5-14(13)20-12-6-9-19(10-12)11-15-17-7-3-8-18-15/h1-5,7-8,12H,6,9-11H2. The van der Waals surface area contributed by atoms with Crippen molar-refractivity contribution in [3.8, 4) is 5.75 Å². The minimum absolute atomic E-state index is 0.179. The molecule has 0 saturated carbocycles. The summed E-state index contributed by atoms with van der Waals surface area (Å²) in [6.07, 6.45) is 4.73. The van der Waals surface area contributed by atoms with Crippen molar-refractivity contribution in [1.29, 1.82) is 0 Å². The van der Waals surface area contributed by atoms with E-state index >= 15 is 0 Å². The van der Waals surface area contributed by atoms with Gasteiger partial charge in [0.15, 0.2) is 0 Å². The highest BCUT2D eigenvalue weighted by atomic mass is 35.5. The van der Waals surface area contributed by atoms with Crippen LogP contribution in [-0.2, 0) is 6.54 Å². The maximum atomic E-state index is 6.11. The van der Waals surface area contributed by atoms with Crippen molar-refractivity contribution >= 4 is 11.6 Å². The highest BCUT2D eigenvalue weighted by Crippen LogP contribution is 2.26. The second-order valence-electron chi connectivity index (χ2n) is 4.86. The number of hydrogen-bond acceptors (Lipinski definition) is 4. The van der Waals surface area contributed by atoms with Gasteiger partial charge in [-0.15, -0.1) is 0 Å². The second-order valence-corrected chi connectivity index (χ2v) is 5.27. The Morgan fingerprint density at radius 2 is 2.00 bits per heavy atom. The van der Waals surface area contributed by atoms with Crippen molar-refractivity contribution < 1.29 is 4.74 Å². The van der Waals surface area contributed by atoms with Crippen LogP contribution >= 0.6 is 11.6 Å². The van der Waals surface area contributed by atoms with Crippen molar-refractivity contribution in [2.24, 2.45) is 0 Å². The summed E-state index contributed by atoms with van der Waals surface area (Å²) in [6.45, 7) is 2.64. The lowest BCUT2D eigenvalue weighted by Gasteiger charge is -2.16. The molecule has 104 valence electrons. The van der Waals surface area contributed by atoms with Gasteiger partial charge < -0.3 is 4.74 Å². The predicted octanol–water partition coefficient (Wildman–Crippen LogP) is 2.78. The number of rotatable bonds is 4. The van der Waals surface area contributed by atoms with E-state index in [2.05, 4.69) is 14.9 Å². The molecule has 0 bridgehead atoms. The van der Waals surface area contributed by atoms with E-state index in [-0.39, 0.29) is 6.10 Å². The van der Waals surface area contributed by atoms with Crippen LogP contribution in [0, 0.1) is 0 Å². The van der Waals surface area contributed by atoms with Crippen molar-refractivity contribution in [2.45, 2.75) is 19.1 Å². The maximum Gasteiger partial charge on any atom is 0.142 e. The van der Waals surface area contributed by atoms with Crippen LogP contribution in [0.25, 0.3) is 0 Å². The Morgan fingerprint density at radius 3 is 2.80 bits per heavy atom. The Bertz CT molecular complexity index is 564. The highest BCUT2D eigenvalue weighted by Gasteiger charge is 2.25. The average Bonchev–Trinajstić information content (AvgIpc) is 2.90. The van der Waals surface area contributed by atoms with Gasteiger partial charge in [-0.25, -0.2) is 9.97 Å². The number of aromatic nitrogens is 2. The zero-order valence-corrected chi connectivity index (χ0v) is 11.8. The number of halogens is 1. The molecular formula is C15H16ClN3O. The summed E-state index contributed by atoms with van der Waals surface area (Å²) in [7, 11) is 0. The molecule has 1 fully saturated rings. The molecule has 0 aliphatic carbocycles. The summed E-state index contributed by atoms with van der Waals surface area (Å²) in [5, 5.41) is 0.664. The van der Waals surface area contributed by atoms with E-state index in [1.165, 1.54) is 0 Å². The first-order chi connectivity index (χ1) is 9.81. The third-order valence-corrected chi connectivity index (χ3v) is 3.66. The second kappa shape index (κ2) is 6.20. The lowest BCUT2D eigenvalue weighted by Crippen LogP contribution is -2.25. The Hall–Kier alpha value is -1.65. The van der Waals surface area contributed by atoms with Crippen LogP contribution in [0.1, 0.15) is 12.2 Å². The van der Waals surface area contributed by atoms with Gasteiger partial charge in [0, 0.05) is 25.5 Å². The average molecular weight is 290 g/mol. The van der Waals surface area contributed by atoms with Crippen molar-refractivity contribution in [3.05, 3.63) is 53.6 Å². The van der Waals surface area contributed by atoms with Crippen LogP contribution in [0.2, 0.25) is 5.02 Å². The third-order valence-electron chi connectivity index (χ3n) is 3.34. The number of para-hydroxylation sites is 1. The molecule has 3 rings (SSSR count). The molecule has 1 saturated heterocycles. The van der Waals surface area contributed by atoms with Crippen molar-refractivity contribution in [3.63, 3.8) is 0 Å². The lowest BCUT2D eigenvalue weighted by atomic mass is 10.3. The Labute approximate surface area is 123 Å². The number of likely N-dealkylation sites (tertiary alicyclic amines) is 1. The third kappa shape index (κ3) is 3.26. The first-order valence-electron chi connectivity index (χ1n) is 6.71. The Kier molecular flexibility index (Phi) is 4.14. The Balaban J connectivity index is 1.56. The largest absolute Gasteiger partial charge is 0.487 e.